The van der Waals surface area contributed by atoms with Gasteiger partial charge >= 0.3 is 0 Å². The Bertz CT molecular complexity index is 1030. The van der Waals surface area contributed by atoms with Gasteiger partial charge in [-0.3, -0.25) is 0 Å². The smallest absolute Gasteiger partial charge is 0.228 e. The average Bonchev–Trinajstić information content (AvgIpc) is 3.27. The van der Waals surface area contributed by atoms with E-state index in [1.54, 1.807) is 6.20 Å². The van der Waals surface area contributed by atoms with E-state index >= 15 is 0 Å². The summed E-state index contributed by atoms with van der Waals surface area (Å²) in [6, 6.07) is 9.67. The third kappa shape index (κ3) is 5.68. The third-order valence-electron chi connectivity index (χ3n) is 5.73. The molecule has 0 amide bonds. The van der Waals surface area contributed by atoms with E-state index in [2.05, 4.69) is 29.0 Å². The molecule has 0 spiro atoms. The monoisotopic (exact) mass is 476 g/mol. The molecule has 2 aliphatic rings. The zero-order chi connectivity index (χ0) is 22.7. The Kier molecular flexibility index (Phi) is 7.17. The van der Waals surface area contributed by atoms with Crippen molar-refractivity contribution in [1.29, 1.82) is 0 Å². The lowest BCUT2D eigenvalue weighted by Crippen LogP contribution is -2.45. The number of nitrogens with one attached hydrogen (secondary N) is 1. The Balaban J connectivity index is 1.59. The number of benzene rings is 1. The van der Waals surface area contributed by atoms with Crippen molar-refractivity contribution in [3.8, 4) is 0 Å². The van der Waals surface area contributed by atoms with Gasteiger partial charge < -0.3 is 19.5 Å². The van der Waals surface area contributed by atoms with E-state index in [0.29, 0.717) is 18.2 Å². The maximum absolute atomic E-state index is 13.3. The number of hydrogen-bond acceptors (Lipinski definition) is 5. The molecule has 1 N–H and O–H groups in total. The first kappa shape index (κ1) is 23.2. The molecular formula is C23H32N4O3S2. The largest absolute Gasteiger partial charge is 0.376 e. The fraction of sp³-hybridized carbons (Fsp3) is 0.565. The van der Waals surface area contributed by atoms with Crippen LogP contribution in [-0.4, -0.2) is 53.3 Å². The molecule has 174 valence electrons. The molecule has 1 aromatic carbocycles. The maximum atomic E-state index is 13.3. The highest BCUT2D eigenvalue weighted by Gasteiger charge is 2.34. The molecule has 1 atom stereocenters. The Morgan fingerprint density at radius 3 is 2.66 bits per heavy atom. The number of sulfone groups is 1. The molecular weight excluding hydrogens is 444 g/mol. The fourth-order valence-corrected chi connectivity index (χ4v) is 6.01. The number of thiocarbonyl (C=S) groups is 1. The highest BCUT2D eigenvalue weighted by atomic mass is 32.2. The molecule has 0 radical (unpaired) electrons. The summed E-state index contributed by atoms with van der Waals surface area (Å²) < 4.78 is 34.3. The number of nitrogens with zero attached hydrogens (tertiary/aromatic N) is 3. The van der Waals surface area contributed by atoms with Crippen LogP contribution in [0, 0.1) is 0 Å². The van der Waals surface area contributed by atoms with Crippen LogP contribution >= 0.6 is 12.2 Å². The molecule has 1 unspecified atom stereocenters. The van der Waals surface area contributed by atoms with Crippen LogP contribution in [0.5, 0.6) is 0 Å². The Morgan fingerprint density at radius 1 is 1.28 bits per heavy atom. The minimum absolute atomic E-state index is 0.0516. The molecule has 1 saturated carbocycles. The van der Waals surface area contributed by atoms with E-state index in [1.807, 2.05) is 34.9 Å². The van der Waals surface area contributed by atoms with Crippen molar-refractivity contribution in [3.05, 3.63) is 47.8 Å². The third-order valence-corrected chi connectivity index (χ3v) is 7.68. The first-order valence-corrected chi connectivity index (χ1v) is 13.4. The van der Waals surface area contributed by atoms with Gasteiger partial charge in [-0.1, -0.05) is 30.3 Å². The van der Waals surface area contributed by atoms with Crippen LogP contribution in [0.1, 0.15) is 56.8 Å². The average molecular weight is 477 g/mol. The highest BCUT2D eigenvalue weighted by Crippen LogP contribution is 2.39. The lowest BCUT2D eigenvalue weighted by Gasteiger charge is -2.29. The van der Waals surface area contributed by atoms with Crippen LogP contribution < -0.4 is 5.32 Å². The van der Waals surface area contributed by atoms with Crippen molar-refractivity contribution >= 4 is 27.2 Å². The van der Waals surface area contributed by atoms with Gasteiger partial charge in [-0.2, -0.15) is 0 Å². The Hall–Kier alpha value is -1.97. The summed E-state index contributed by atoms with van der Waals surface area (Å²) in [5, 5.41) is 4.15. The molecule has 2 aromatic rings. The lowest BCUT2D eigenvalue weighted by molar-refractivity contribution is 0.0891. The summed E-state index contributed by atoms with van der Waals surface area (Å²) in [4.78, 5) is 6.50. The molecule has 0 bridgehead atoms. The van der Waals surface area contributed by atoms with Gasteiger partial charge in [0, 0.05) is 25.2 Å². The van der Waals surface area contributed by atoms with E-state index < -0.39 is 9.84 Å². The summed E-state index contributed by atoms with van der Waals surface area (Å²) in [6.45, 7) is 6.08. The van der Waals surface area contributed by atoms with E-state index in [-0.39, 0.29) is 29.1 Å². The molecule has 1 aromatic heterocycles. The zero-order valence-corrected chi connectivity index (χ0v) is 20.4. The molecule has 1 aliphatic carbocycles. The van der Waals surface area contributed by atoms with Crippen LogP contribution in [0.15, 0.2) is 41.7 Å². The van der Waals surface area contributed by atoms with E-state index in [9.17, 15) is 8.42 Å². The van der Waals surface area contributed by atoms with Crippen LogP contribution in [0.25, 0.3) is 0 Å². The topological polar surface area (TPSA) is 76.5 Å². The Morgan fingerprint density at radius 2 is 2.03 bits per heavy atom. The van der Waals surface area contributed by atoms with Gasteiger partial charge in [0.1, 0.15) is 0 Å². The van der Waals surface area contributed by atoms with E-state index in [1.165, 1.54) is 0 Å². The summed E-state index contributed by atoms with van der Waals surface area (Å²) in [5.41, 5.74) is 1.65. The first-order valence-electron chi connectivity index (χ1n) is 11.3. The van der Waals surface area contributed by atoms with Gasteiger partial charge in [-0.25, -0.2) is 13.4 Å². The van der Waals surface area contributed by atoms with Crippen LogP contribution in [0.3, 0.4) is 0 Å². The van der Waals surface area contributed by atoms with Gasteiger partial charge in [0.05, 0.1) is 30.3 Å². The molecule has 7 nitrogen and oxygen atoms in total. The summed E-state index contributed by atoms with van der Waals surface area (Å²) in [6.07, 6.45) is 5.86. The second kappa shape index (κ2) is 9.89. The van der Waals surface area contributed by atoms with E-state index in [4.69, 9.17) is 17.0 Å². The van der Waals surface area contributed by atoms with Crippen LogP contribution in [0.4, 0.5) is 0 Å². The normalized spacial score (nSPS) is 18.8. The van der Waals surface area contributed by atoms with Gasteiger partial charge in [-0.15, -0.1) is 0 Å². The quantitative estimate of drug-likeness (QED) is 0.556. The molecule has 1 aliphatic heterocycles. The fourth-order valence-electron chi connectivity index (χ4n) is 4.09. The molecule has 2 heterocycles. The molecule has 9 heteroatoms. The summed E-state index contributed by atoms with van der Waals surface area (Å²) in [7, 11) is -3.57. The second-order valence-electron chi connectivity index (χ2n) is 9.00. The first-order chi connectivity index (χ1) is 15.3. The minimum atomic E-state index is -3.57. The zero-order valence-electron chi connectivity index (χ0n) is 18.7. The molecule has 1 saturated heterocycles. The standard InChI is InChI=1S/C23H32N4O3S2/c1-17(2)25-22(31)26(15-21-9-6-12-30-21)14-20-13-24-23(27(20)19-10-11-19)32(28,29)16-18-7-4-3-5-8-18/h3-5,7-8,13,17,19,21H,6,9-12,14-16H2,1-2H3,(H,25,31). The van der Waals surface area contributed by atoms with Crippen molar-refractivity contribution in [2.45, 2.75) is 75.2 Å². The molecule has 2 fully saturated rings. The molecule has 4 rings (SSSR count). The van der Waals surface area contributed by atoms with Crippen LogP contribution in [-0.2, 0) is 26.9 Å². The van der Waals surface area contributed by atoms with Gasteiger partial charge in [0.15, 0.2) is 5.11 Å². The van der Waals surface area contributed by atoms with Gasteiger partial charge in [-0.05, 0) is 57.3 Å². The highest BCUT2D eigenvalue weighted by molar-refractivity contribution is 7.90. The number of imidazole rings is 1. The van der Waals surface area contributed by atoms with Gasteiger partial charge in [0.2, 0.25) is 15.0 Å². The van der Waals surface area contributed by atoms with Crippen molar-refractivity contribution < 1.29 is 13.2 Å². The number of hydrogen-bond donors (Lipinski definition) is 1. The van der Waals surface area contributed by atoms with E-state index in [0.717, 1.165) is 43.5 Å². The Labute approximate surface area is 196 Å². The summed E-state index contributed by atoms with van der Waals surface area (Å²) in [5.74, 6) is -0.0516. The minimum Gasteiger partial charge on any atom is -0.376 e. The van der Waals surface area contributed by atoms with Crippen molar-refractivity contribution in [2.24, 2.45) is 0 Å². The van der Waals surface area contributed by atoms with Crippen molar-refractivity contribution in [3.63, 3.8) is 0 Å². The lowest BCUT2D eigenvalue weighted by atomic mass is 10.2. The predicted octanol–water partition coefficient (Wildman–Crippen LogP) is 3.46. The number of ether oxygens (including phenoxy) is 1. The maximum Gasteiger partial charge on any atom is 0.228 e. The van der Waals surface area contributed by atoms with Crippen molar-refractivity contribution in [1.82, 2.24) is 19.8 Å². The second-order valence-corrected chi connectivity index (χ2v) is 11.3. The SMILES string of the molecule is CC(C)NC(=S)N(Cc1cnc(S(=O)(=O)Cc2ccccc2)n1C1CC1)CC1CCCO1. The summed E-state index contributed by atoms with van der Waals surface area (Å²) >= 11 is 5.69. The number of aromatic nitrogens is 2. The van der Waals surface area contributed by atoms with Gasteiger partial charge in [0.25, 0.3) is 0 Å². The number of rotatable bonds is 9. The molecule has 32 heavy (non-hydrogen) atoms. The predicted molar refractivity (Wildman–Crippen MR) is 128 cm³/mol. The van der Waals surface area contributed by atoms with Crippen molar-refractivity contribution in [2.75, 3.05) is 13.2 Å². The van der Waals surface area contributed by atoms with Crippen LogP contribution in [0.2, 0.25) is 0 Å².